The van der Waals surface area contributed by atoms with Crippen molar-refractivity contribution in [3.8, 4) is 0 Å². The Morgan fingerprint density at radius 1 is 1.00 bits per heavy atom. The number of benzene rings is 2. The number of aliphatic hydroxyl groups is 1. The number of ether oxygens (including phenoxy) is 1. The van der Waals surface area contributed by atoms with E-state index in [4.69, 9.17) is 4.74 Å². The minimum atomic E-state index is -0.228. The molecule has 3 aliphatic heterocycles. The zero-order chi connectivity index (χ0) is 22.8. The Kier molecular flexibility index (Phi) is 6.29. The van der Waals surface area contributed by atoms with Crippen LogP contribution in [0.3, 0.4) is 0 Å². The van der Waals surface area contributed by atoms with Crippen LogP contribution in [0.2, 0.25) is 0 Å². The van der Waals surface area contributed by atoms with E-state index >= 15 is 0 Å². The van der Waals surface area contributed by atoms with Gasteiger partial charge in [-0.2, -0.15) is 0 Å². The number of nitrogens with zero attached hydrogens (tertiary/aromatic N) is 2. The second-order valence-corrected chi connectivity index (χ2v) is 9.16. The van der Waals surface area contributed by atoms with Crippen molar-refractivity contribution in [3.05, 3.63) is 71.3 Å². The number of amides is 2. The van der Waals surface area contributed by atoms with Gasteiger partial charge in [-0.1, -0.05) is 66.7 Å². The molecule has 0 saturated carbocycles. The molecule has 6 heteroatoms. The SMILES string of the molecule is O=C(C1CCOCC1)N1CC(=O)N2[C@H](C1)[C@@H](c1ccc(/C=C/c3ccccc3)cc1)[C@@H]2CO. The van der Waals surface area contributed by atoms with Crippen molar-refractivity contribution >= 4 is 24.0 Å². The number of hydrogen-bond acceptors (Lipinski definition) is 4. The molecular weight excluding hydrogens is 416 g/mol. The summed E-state index contributed by atoms with van der Waals surface area (Å²) in [6.07, 6.45) is 5.60. The highest BCUT2D eigenvalue weighted by Crippen LogP contribution is 2.43. The minimum Gasteiger partial charge on any atom is -0.394 e. The highest BCUT2D eigenvalue weighted by Gasteiger charge is 2.54. The van der Waals surface area contributed by atoms with Gasteiger partial charge in [0, 0.05) is 31.6 Å². The van der Waals surface area contributed by atoms with E-state index < -0.39 is 0 Å². The van der Waals surface area contributed by atoms with Crippen LogP contribution in [0.5, 0.6) is 0 Å². The second-order valence-electron chi connectivity index (χ2n) is 9.16. The van der Waals surface area contributed by atoms with E-state index in [0.717, 1.165) is 29.5 Å². The lowest BCUT2D eigenvalue weighted by Crippen LogP contribution is -2.73. The van der Waals surface area contributed by atoms with Crippen molar-refractivity contribution in [1.82, 2.24) is 9.80 Å². The topological polar surface area (TPSA) is 70.1 Å². The summed E-state index contributed by atoms with van der Waals surface area (Å²) >= 11 is 0. The van der Waals surface area contributed by atoms with Crippen LogP contribution in [0, 0.1) is 5.92 Å². The molecule has 3 atom stereocenters. The molecule has 2 amide bonds. The standard InChI is InChI=1S/C27H30N2O4/c30-18-24-26(21-10-8-20(9-11-21)7-6-19-4-2-1-3-5-19)23-16-28(17-25(31)29(23)24)27(32)22-12-14-33-15-13-22/h1-11,22-24,26,30H,12-18H2/b7-6+/t23-,24+,26-/m1/s1. The van der Waals surface area contributed by atoms with Gasteiger partial charge in [-0.3, -0.25) is 9.59 Å². The lowest BCUT2D eigenvalue weighted by molar-refractivity contribution is -0.169. The van der Waals surface area contributed by atoms with Gasteiger partial charge in [-0.25, -0.2) is 0 Å². The fourth-order valence-electron chi connectivity index (χ4n) is 5.46. The largest absolute Gasteiger partial charge is 0.394 e. The summed E-state index contributed by atoms with van der Waals surface area (Å²) in [6, 6.07) is 18.1. The Hall–Kier alpha value is -2.96. The van der Waals surface area contributed by atoms with Crippen molar-refractivity contribution in [2.24, 2.45) is 5.92 Å². The zero-order valence-electron chi connectivity index (χ0n) is 18.7. The van der Waals surface area contributed by atoms with Gasteiger partial charge in [-0.05, 0) is 29.5 Å². The molecular formula is C27H30N2O4. The average molecular weight is 447 g/mol. The Morgan fingerprint density at radius 3 is 2.33 bits per heavy atom. The van der Waals surface area contributed by atoms with Gasteiger partial charge in [0.15, 0.2) is 0 Å². The van der Waals surface area contributed by atoms with E-state index in [1.807, 2.05) is 18.2 Å². The monoisotopic (exact) mass is 446 g/mol. The molecule has 0 unspecified atom stereocenters. The Morgan fingerprint density at radius 2 is 1.67 bits per heavy atom. The maximum Gasteiger partial charge on any atom is 0.242 e. The number of carbonyl (C=O) groups excluding carboxylic acids is 2. The predicted octanol–water partition coefficient (Wildman–Crippen LogP) is 2.78. The highest BCUT2D eigenvalue weighted by atomic mass is 16.5. The zero-order valence-corrected chi connectivity index (χ0v) is 18.7. The van der Waals surface area contributed by atoms with Crippen LogP contribution < -0.4 is 0 Å². The smallest absolute Gasteiger partial charge is 0.242 e. The van der Waals surface area contributed by atoms with Crippen LogP contribution in [-0.2, 0) is 14.3 Å². The molecule has 0 aliphatic carbocycles. The summed E-state index contributed by atoms with van der Waals surface area (Å²) in [5.74, 6) is -0.0272. The quantitative estimate of drug-likeness (QED) is 0.717. The van der Waals surface area contributed by atoms with Crippen LogP contribution in [0.4, 0.5) is 0 Å². The fourth-order valence-corrected chi connectivity index (χ4v) is 5.46. The van der Waals surface area contributed by atoms with Gasteiger partial charge < -0.3 is 19.6 Å². The number of aliphatic hydroxyl groups excluding tert-OH is 1. The predicted molar refractivity (Wildman–Crippen MR) is 126 cm³/mol. The van der Waals surface area contributed by atoms with Crippen molar-refractivity contribution in [3.63, 3.8) is 0 Å². The number of carbonyl (C=O) groups is 2. The molecule has 3 aliphatic rings. The Bertz CT molecular complexity index is 1010. The van der Waals surface area contributed by atoms with Crippen LogP contribution in [-0.4, -0.2) is 71.7 Å². The molecule has 172 valence electrons. The number of hydrogen-bond donors (Lipinski definition) is 1. The summed E-state index contributed by atoms with van der Waals surface area (Å²) in [5, 5.41) is 10.0. The lowest BCUT2D eigenvalue weighted by Gasteiger charge is -2.59. The summed E-state index contributed by atoms with van der Waals surface area (Å²) in [7, 11) is 0. The molecule has 2 aromatic carbocycles. The summed E-state index contributed by atoms with van der Waals surface area (Å²) in [4.78, 5) is 29.4. The van der Waals surface area contributed by atoms with Crippen molar-refractivity contribution in [1.29, 1.82) is 0 Å². The molecule has 33 heavy (non-hydrogen) atoms. The minimum absolute atomic E-state index is 0.0244. The van der Waals surface area contributed by atoms with Gasteiger partial charge in [0.25, 0.3) is 0 Å². The molecule has 0 aromatic heterocycles. The molecule has 3 heterocycles. The number of fused-ring (bicyclic) bond motifs is 1. The maximum absolute atomic E-state index is 13.0. The first-order valence-electron chi connectivity index (χ1n) is 11.8. The van der Waals surface area contributed by atoms with Crippen LogP contribution in [0.1, 0.15) is 35.4 Å². The third-order valence-electron chi connectivity index (χ3n) is 7.22. The van der Waals surface area contributed by atoms with E-state index in [-0.39, 0.29) is 48.9 Å². The first-order valence-corrected chi connectivity index (χ1v) is 11.8. The molecule has 5 rings (SSSR count). The highest BCUT2D eigenvalue weighted by molar-refractivity contribution is 5.88. The van der Waals surface area contributed by atoms with E-state index in [2.05, 4.69) is 48.6 Å². The van der Waals surface area contributed by atoms with Crippen molar-refractivity contribution in [2.75, 3.05) is 32.9 Å². The first-order chi connectivity index (χ1) is 16.2. The van der Waals surface area contributed by atoms with Gasteiger partial charge in [0.2, 0.25) is 11.8 Å². The van der Waals surface area contributed by atoms with E-state index in [0.29, 0.717) is 19.8 Å². The van der Waals surface area contributed by atoms with E-state index in [1.54, 1.807) is 9.80 Å². The van der Waals surface area contributed by atoms with Crippen LogP contribution in [0.25, 0.3) is 12.2 Å². The van der Waals surface area contributed by atoms with Gasteiger partial charge in [0.05, 0.1) is 25.2 Å². The second kappa shape index (κ2) is 9.49. The third kappa shape index (κ3) is 4.33. The Balaban J connectivity index is 1.30. The van der Waals surface area contributed by atoms with E-state index in [1.165, 1.54) is 0 Å². The summed E-state index contributed by atoms with van der Waals surface area (Å²) in [5.41, 5.74) is 3.34. The maximum atomic E-state index is 13.0. The first kappa shape index (κ1) is 21.9. The number of rotatable bonds is 5. The molecule has 0 spiro atoms. The van der Waals surface area contributed by atoms with Gasteiger partial charge in [-0.15, -0.1) is 0 Å². The molecule has 0 bridgehead atoms. The number of piperazine rings is 1. The molecule has 3 saturated heterocycles. The molecule has 2 aromatic rings. The normalized spacial score (nSPS) is 25.7. The third-order valence-corrected chi connectivity index (χ3v) is 7.22. The fraction of sp³-hybridized carbons (Fsp3) is 0.407. The summed E-state index contributed by atoms with van der Waals surface area (Å²) in [6.45, 7) is 1.77. The average Bonchev–Trinajstić information content (AvgIpc) is 2.85. The Labute approximate surface area is 194 Å². The van der Waals surface area contributed by atoms with Gasteiger partial charge >= 0.3 is 0 Å². The van der Waals surface area contributed by atoms with Crippen molar-refractivity contribution in [2.45, 2.75) is 30.8 Å². The van der Waals surface area contributed by atoms with Crippen LogP contribution in [0.15, 0.2) is 54.6 Å². The molecule has 3 fully saturated rings. The van der Waals surface area contributed by atoms with Crippen LogP contribution >= 0.6 is 0 Å². The van der Waals surface area contributed by atoms with Gasteiger partial charge in [0.1, 0.15) is 0 Å². The lowest BCUT2D eigenvalue weighted by atomic mass is 9.73. The van der Waals surface area contributed by atoms with Crippen molar-refractivity contribution < 1.29 is 19.4 Å². The summed E-state index contributed by atoms with van der Waals surface area (Å²) < 4.78 is 5.38. The molecule has 1 N–H and O–H groups in total. The molecule has 6 nitrogen and oxygen atoms in total. The van der Waals surface area contributed by atoms with E-state index in [9.17, 15) is 14.7 Å². The molecule has 0 radical (unpaired) electrons.